The van der Waals surface area contributed by atoms with Crippen LogP contribution in [0.2, 0.25) is 0 Å². The second-order valence-corrected chi connectivity index (χ2v) is 5.70. The summed E-state index contributed by atoms with van der Waals surface area (Å²) in [5, 5.41) is 9.98. The number of aliphatic hydroxyl groups is 1. The first-order valence-electron chi connectivity index (χ1n) is 6.60. The number of ether oxygens (including phenoxy) is 1. The predicted molar refractivity (Wildman–Crippen MR) is 63.2 cm³/mol. The van der Waals surface area contributed by atoms with E-state index in [1.54, 1.807) is 0 Å². The molecule has 1 aliphatic carbocycles. The highest BCUT2D eigenvalue weighted by atomic mass is 19.4. The molecule has 0 amide bonds. The predicted octanol–water partition coefficient (Wildman–Crippen LogP) is 3.39. The van der Waals surface area contributed by atoms with E-state index in [2.05, 4.69) is 18.6 Å². The van der Waals surface area contributed by atoms with Crippen molar-refractivity contribution in [2.45, 2.75) is 51.8 Å². The van der Waals surface area contributed by atoms with E-state index in [0.717, 1.165) is 12.8 Å². The molecule has 1 fully saturated rings. The van der Waals surface area contributed by atoms with E-state index in [1.807, 2.05) is 0 Å². The smallest absolute Gasteiger partial charge is 0.393 e. The Kier molecular flexibility index (Phi) is 5.92. The fraction of sp³-hybridized carbons (Fsp3) is 1.00. The van der Waals surface area contributed by atoms with Crippen LogP contribution in [0.1, 0.15) is 39.5 Å². The van der Waals surface area contributed by atoms with Crippen molar-refractivity contribution >= 4 is 0 Å². The Balaban J connectivity index is 2.21. The summed E-state index contributed by atoms with van der Waals surface area (Å²) in [6, 6.07) is 0. The average Bonchev–Trinajstić information content (AvgIpc) is 2.21. The maximum atomic E-state index is 11.8. The third kappa shape index (κ3) is 6.05. The van der Waals surface area contributed by atoms with Crippen molar-refractivity contribution in [3.63, 3.8) is 0 Å². The van der Waals surface area contributed by atoms with Crippen LogP contribution in [0.5, 0.6) is 0 Å². The Hall–Kier alpha value is -0.290. The van der Waals surface area contributed by atoms with Gasteiger partial charge in [-0.25, -0.2) is 0 Å². The molecule has 5 heteroatoms. The Morgan fingerprint density at radius 2 is 1.72 bits per heavy atom. The van der Waals surface area contributed by atoms with E-state index in [-0.39, 0.29) is 12.5 Å². The van der Waals surface area contributed by atoms with Crippen molar-refractivity contribution in [1.29, 1.82) is 0 Å². The minimum Gasteiger partial charge on any atom is -0.393 e. The van der Waals surface area contributed by atoms with Gasteiger partial charge >= 0.3 is 6.18 Å². The minimum absolute atomic E-state index is 0.0278. The third-order valence-corrected chi connectivity index (χ3v) is 3.58. The van der Waals surface area contributed by atoms with E-state index in [4.69, 9.17) is 0 Å². The van der Waals surface area contributed by atoms with Crippen LogP contribution in [-0.4, -0.2) is 30.6 Å². The molecule has 0 bridgehead atoms. The highest BCUT2D eigenvalue weighted by molar-refractivity contribution is 4.79. The zero-order valence-electron chi connectivity index (χ0n) is 11.0. The van der Waals surface area contributed by atoms with Crippen molar-refractivity contribution in [3.05, 3.63) is 0 Å². The molecule has 2 nitrogen and oxygen atoms in total. The van der Waals surface area contributed by atoms with Gasteiger partial charge in [-0.3, -0.25) is 0 Å². The highest BCUT2D eigenvalue weighted by Crippen LogP contribution is 2.35. The molecule has 18 heavy (non-hydrogen) atoms. The van der Waals surface area contributed by atoms with E-state index in [1.165, 1.54) is 6.42 Å². The molecule has 3 unspecified atom stereocenters. The van der Waals surface area contributed by atoms with Gasteiger partial charge in [0.05, 0.1) is 6.10 Å². The molecule has 3 atom stereocenters. The van der Waals surface area contributed by atoms with Crippen LogP contribution < -0.4 is 0 Å². The van der Waals surface area contributed by atoms with Crippen molar-refractivity contribution in [3.8, 4) is 0 Å². The van der Waals surface area contributed by atoms with Crippen molar-refractivity contribution < 1.29 is 23.0 Å². The first-order valence-corrected chi connectivity index (χ1v) is 6.60. The molecule has 1 saturated carbocycles. The summed E-state index contributed by atoms with van der Waals surface area (Å²) in [6.07, 6.45) is -1.43. The average molecular weight is 268 g/mol. The van der Waals surface area contributed by atoms with E-state index >= 15 is 0 Å². The van der Waals surface area contributed by atoms with E-state index in [0.29, 0.717) is 18.3 Å². The molecule has 1 aliphatic rings. The van der Waals surface area contributed by atoms with Crippen molar-refractivity contribution in [2.24, 2.45) is 17.8 Å². The Labute approximate surface area is 107 Å². The van der Waals surface area contributed by atoms with Crippen molar-refractivity contribution in [1.82, 2.24) is 0 Å². The molecular weight excluding hydrogens is 245 g/mol. The molecule has 1 rings (SSSR count). The van der Waals surface area contributed by atoms with Crippen LogP contribution in [0.15, 0.2) is 0 Å². The van der Waals surface area contributed by atoms with Gasteiger partial charge in [-0.05, 0) is 43.4 Å². The number of hydrogen-bond donors (Lipinski definition) is 1. The van der Waals surface area contributed by atoms with Gasteiger partial charge in [-0.2, -0.15) is 13.2 Å². The molecule has 0 aromatic heterocycles. The molecular formula is C13H23F3O2. The van der Waals surface area contributed by atoms with Crippen molar-refractivity contribution in [2.75, 3.05) is 13.2 Å². The summed E-state index contributed by atoms with van der Waals surface area (Å²) in [7, 11) is 0. The summed E-state index contributed by atoms with van der Waals surface area (Å²) in [5.74, 6) is 1.38. The Morgan fingerprint density at radius 3 is 2.22 bits per heavy atom. The number of aliphatic hydroxyl groups excluding tert-OH is 1. The van der Waals surface area contributed by atoms with Crippen LogP contribution in [-0.2, 0) is 4.74 Å². The van der Waals surface area contributed by atoms with Gasteiger partial charge in [-0.15, -0.1) is 0 Å². The van der Waals surface area contributed by atoms with Gasteiger partial charge in [-0.1, -0.05) is 13.8 Å². The molecule has 0 aromatic carbocycles. The van der Waals surface area contributed by atoms with Gasteiger partial charge in [0.25, 0.3) is 0 Å². The lowest BCUT2D eigenvalue weighted by Crippen LogP contribution is -2.30. The molecule has 108 valence electrons. The first kappa shape index (κ1) is 15.8. The van der Waals surface area contributed by atoms with Crippen LogP contribution in [0, 0.1) is 17.8 Å². The van der Waals surface area contributed by atoms with E-state index < -0.39 is 18.9 Å². The first-order chi connectivity index (χ1) is 8.28. The molecule has 0 aromatic rings. The Bertz CT molecular complexity index is 233. The maximum Gasteiger partial charge on any atom is 0.411 e. The fourth-order valence-corrected chi connectivity index (χ4v) is 2.95. The quantitative estimate of drug-likeness (QED) is 0.774. The maximum absolute atomic E-state index is 11.8. The van der Waals surface area contributed by atoms with E-state index in [9.17, 15) is 18.3 Å². The zero-order chi connectivity index (χ0) is 13.8. The summed E-state index contributed by atoms with van der Waals surface area (Å²) in [5.41, 5.74) is 0. The monoisotopic (exact) mass is 268 g/mol. The lowest BCUT2D eigenvalue weighted by Gasteiger charge is -2.34. The largest absolute Gasteiger partial charge is 0.411 e. The van der Waals surface area contributed by atoms with Crippen LogP contribution in [0.3, 0.4) is 0 Å². The fourth-order valence-electron chi connectivity index (χ4n) is 2.95. The second-order valence-electron chi connectivity index (χ2n) is 5.70. The normalized spacial score (nSPS) is 31.3. The van der Waals surface area contributed by atoms with Gasteiger partial charge in [0.1, 0.15) is 6.61 Å². The second kappa shape index (κ2) is 6.75. The SMILES string of the molecule is CC1CC(C)CC(C(O)CCOCC(F)(F)F)C1. The van der Waals surface area contributed by atoms with Gasteiger partial charge in [0.2, 0.25) is 0 Å². The number of hydrogen-bond acceptors (Lipinski definition) is 2. The lowest BCUT2D eigenvalue weighted by molar-refractivity contribution is -0.175. The molecule has 0 aliphatic heterocycles. The summed E-state index contributed by atoms with van der Waals surface area (Å²) in [6.45, 7) is 3.07. The van der Waals surface area contributed by atoms with Crippen LogP contribution in [0.4, 0.5) is 13.2 Å². The number of halogens is 3. The standard InChI is InChI=1S/C13H23F3O2/c1-9-5-10(2)7-11(6-9)12(17)3-4-18-8-13(14,15)16/h9-12,17H,3-8H2,1-2H3. The lowest BCUT2D eigenvalue weighted by atomic mass is 9.74. The summed E-state index contributed by atoms with van der Waals surface area (Å²) < 4.78 is 40.1. The van der Waals surface area contributed by atoms with Gasteiger partial charge < -0.3 is 9.84 Å². The third-order valence-electron chi connectivity index (χ3n) is 3.58. The van der Waals surface area contributed by atoms with Gasteiger partial charge in [0, 0.05) is 6.61 Å². The molecule has 1 N–H and O–H groups in total. The number of rotatable bonds is 5. The minimum atomic E-state index is -4.28. The van der Waals surface area contributed by atoms with Crippen LogP contribution in [0.25, 0.3) is 0 Å². The molecule has 0 radical (unpaired) electrons. The highest BCUT2D eigenvalue weighted by Gasteiger charge is 2.30. The molecule has 0 heterocycles. The summed E-state index contributed by atoms with van der Waals surface area (Å²) >= 11 is 0. The zero-order valence-corrected chi connectivity index (χ0v) is 11.0. The Morgan fingerprint density at radius 1 is 1.17 bits per heavy atom. The molecule has 0 saturated heterocycles. The summed E-state index contributed by atoms with van der Waals surface area (Å²) in [4.78, 5) is 0. The molecule has 0 spiro atoms. The topological polar surface area (TPSA) is 29.5 Å². The van der Waals surface area contributed by atoms with Gasteiger partial charge in [0.15, 0.2) is 0 Å². The number of alkyl halides is 3. The van der Waals surface area contributed by atoms with Crippen LogP contribution >= 0.6 is 0 Å².